The van der Waals surface area contributed by atoms with Crippen LogP contribution in [0.25, 0.3) is 0 Å². The minimum absolute atomic E-state index is 0.310. The van der Waals surface area contributed by atoms with E-state index in [-0.39, 0.29) is 0 Å². The van der Waals surface area contributed by atoms with Gasteiger partial charge in [0.25, 0.3) is 0 Å². The summed E-state index contributed by atoms with van der Waals surface area (Å²) in [6.07, 6.45) is -2.08. The van der Waals surface area contributed by atoms with Gasteiger partial charge >= 0.3 is 6.18 Å². The van der Waals surface area contributed by atoms with E-state index >= 15 is 0 Å². The Labute approximate surface area is 138 Å². The van der Waals surface area contributed by atoms with Gasteiger partial charge in [-0.3, -0.25) is 0 Å². The second-order valence-corrected chi connectivity index (χ2v) is 5.95. The number of nitrogens with zero attached hydrogens (tertiary/aromatic N) is 3. The molecule has 3 rings (SSSR count). The van der Waals surface area contributed by atoms with Crippen LogP contribution >= 0.6 is 0 Å². The lowest BCUT2D eigenvalue weighted by Gasteiger charge is -2.38. The monoisotopic (exact) mass is 331 g/mol. The smallest absolute Gasteiger partial charge is 0.356 e. The van der Waals surface area contributed by atoms with Crippen molar-refractivity contribution in [3.8, 4) is 6.07 Å². The van der Waals surface area contributed by atoms with Crippen LogP contribution in [-0.4, -0.2) is 18.1 Å². The van der Waals surface area contributed by atoms with Crippen molar-refractivity contribution in [2.24, 2.45) is 0 Å². The van der Waals surface area contributed by atoms with Gasteiger partial charge in [0, 0.05) is 19.3 Å². The van der Waals surface area contributed by atoms with E-state index in [1.54, 1.807) is 0 Å². The highest BCUT2D eigenvalue weighted by Gasteiger charge is 2.37. The van der Waals surface area contributed by atoms with Gasteiger partial charge in [0.15, 0.2) is 0 Å². The van der Waals surface area contributed by atoms with Gasteiger partial charge in [-0.15, -0.1) is 0 Å². The zero-order valence-electron chi connectivity index (χ0n) is 12.9. The molecule has 0 atom stereocenters. The molecule has 1 saturated heterocycles. The second kappa shape index (κ2) is 6.16. The Balaban J connectivity index is 1.79. The molecule has 1 aliphatic heterocycles. The topological polar surface area (TPSA) is 39.9 Å². The summed E-state index contributed by atoms with van der Waals surface area (Å²) in [7, 11) is 0. The Hall–Kier alpha value is -2.55. The van der Waals surface area contributed by atoms with Crippen LogP contribution in [0, 0.1) is 11.3 Å². The number of halogens is 3. The van der Waals surface area contributed by atoms with E-state index in [0.717, 1.165) is 17.7 Å². The third kappa shape index (κ3) is 3.07. The molecule has 1 aromatic heterocycles. The molecule has 0 radical (unpaired) electrons. The van der Waals surface area contributed by atoms with Crippen LogP contribution in [0.15, 0.2) is 48.7 Å². The summed E-state index contributed by atoms with van der Waals surface area (Å²) in [4.78, 5) is 5.88. The molecule has 1 fully saturated rings. The van der Waals surface area contributed by atoms with E-state index < -0.39 is 17.2 Å². The molecule has 0 aliphatic carbocycles. The van der Waals surface area contributed by atoms with Crippen molar-refractivity contribution in [3.63, 3.8) is 0 Å². The number of alkyl halides is 3. The summed E-state index contributed by atoms with van der Waals surface area (Å²) in [5.74, 6) is 0.310. The Morgan fingerprint density at radius 3 is 2.33 bits per heavy atom. The van der Waals surface area contributed by atoms with Crippen LogP contribution in [0.1, 0.15) is 24.0 Å². The van der Waals surface area contributed by atoms with Gasteiger partial charge in [0.2, 0.25) is 0 Å². The van der Waals surface area contributed by atoms with Crippen molar-refractivity contribution in [1.29, 1.82) is 5.26 Å². The van der Waals surface area contributed by atoms with Crippen molar-refractivity contribution in [2.45, 2.75) is 24.4 Å². The van der Waals surface area contributed by atoms with E-state index in [9.17, 15) is 18.4 Å². The Kier molecular flexibility index (Phi) is 4.18. The summed E-state index contributed by atoms with van der Waals surface area (Å²) in [5, 5.41) is 9.67. The van der Waals surface area contributed by atoms with E-state index in [1.807, 2.05) is 35.2 Å². The van der Waals surface area contributed by atoms with E-state index in [1.165, 1.54) is 6.20 Å². The van der Waals surface area contributed by atoms with E-state index in [4.69, 9.17) is 0 Å². The number of rotatable bonds is 2. The summed E-state index contributed by atoms with van der Waals surface area (Å²) in [6.45, 7) is 0.994. The highest BCUT2D eigenvalue weighted by atomic mass is 19.4. The third-order valence-electron chi connectivity index (χ3n) is 4.55. The Morgan fingerprint density at radius 1 is 1.08 bits per heavy atom. The summed E-state index contributed by atoms with van der Waals surface area (Å²) in [6, 6.07) is 14.0. The first-order valence-electron chi connectivity index (χ1n) is 7.70. The molecule has 0 unspecified atom stereocenters. The van der Waals surface area contributed by atoms with Crippen LogP contribution < -0.4 is 4.90 Å². The van der Waals surface area contributed by atoms with Gasteiger partial charge in [-0.25, -0.2) is 4.98 Å². The quantitative estimate of drug-likeness (QED) is 0.829. The predicted octanol–water partition coefficient (Wildman–Crippen LogP) is 4.16. The molecular weight excluding hydrogens is 315 g/mol. The van der Waals surface area contributed by atoms with Gasteiger partial charge in [-0.2, -0.15) is 18.4 Å². The summed E-state index contributed by atoms with van der Waals surface area (Å²) in [5.41, 5.74) is -0.323. The molecule has 0 bridgehead atoms. The number of hydrogen-bond donors (Lipinski definition) is 0. The molecule has 2 aromatic rings. The van der Waals surface area contributed by atoms with Crippen LogP contribution in [-0.2, 0) is 11.6 Å². The molecule has 0 N–H and O–H groups in total. The lowest BCUT2D eigenvalue weighted by Crippen LogP contribution is -2.42. The average Bonchev–Trinajstić information content (AvgIpc) is 2.62. The van der Waals surface area contributed by atoms with Crippen LogP contribution in [0.5, 0.6) is 0 Å². The van der Waals surface area contributed by atoms with Gasteiger partial charge in [-0.1, -0.05) is 30.3 Å². The highest BCUT2D eigenvalue weighted by molar-refractivity contribution is 5.44. The lowest BCUT2D eigenvalue weighted by atomic mass is 9.74. The van der Waals surface area contributed by atoms with Crippen LogP contribution in [0.3, 0.4) is 0 Å². The number of nitriles is 1. The van der Waals surface area contributed by atoms with E-state index in [2.05, 4.69) is 11.1 Å². The third-order valence-corrected chi connectivity index (χ3v) is 4.55. The first-order chi connectivity index (χ1) is 11.4. The number of pyridine rings is 1. The molecule has 1 aliphatic rings. The standard InChI is InChI=1S/C18H16F3N3/c19-18(20,21)15-6-9-23-16(12-15)24-10-7-17(13-22,8-11-24)14-4-2-1-3-5-14/h1-6,9,12H,7-8,10-11H2. The van der Waals surface area contributed by atoms with E-state index in [0.29, 0.717) is 31.7 Å². The van der Waals surface area contributed by atoms with Gasteiger partial charge < -0.3 is 4.90 Å². The Morgan fingerprint density at radius 2 is 1.75 bits per heavy atom. The molecule has 0 saturated carbocycles. The highest BCUT2D eigenvalue weighted by Crippen LogP contribution is 2.37. The van der Waals surface area contributed by atoms with Crippen molar-refractivity contribution in [1.82, 2.24) is 4.98 Å². The summed E-state index contributed by atoms with van der Waals surface area (Å²) >= 11 is 0. The number of hydrogen-bond acceptors (Lipinski definition) is 3. The molecule has 6 heteroatoms. The van der Waals surface area contributed by atoms with Gasteiger partial charge in [0.1, 0.15) is 5.82 Å². The van der Waals surface area contributed by atoms with Crippen molar-refractivity contribution < 1.29 is 13.2 Å². The zero-order valence-corrected chi connectivity index (χ0v) is 12.9. The molecule has 2 heterocycles. The molecule has 0 spiro atoms. The van der Waals surface area contributed by atoms with Gasteiger partial charge in [-0.05, 0) is 30.5 Å². The van der Waals surface area contributed by atoms with Crippen LogP contribution in [0.4, 0.5) is 19.0 Å². The van der Waals surface area contributed by atoms with Gasteiger partial charge in [0.05, 0.1) is 17.0 Å². The number of anilines is 1. The number of piperidine rings is 1. The predicted molar refractivity (Wildman–Crippen MR) is 84.4 cm³/mol. The number of benzene rings is 1. The molecule has 24 heavy (non-hydrogen) atoms. The average molecular weight is 331 g/mol. The van der Waals surface area contributed by atoms with Crippen molar-refractivity contribution in [2.75, 3.05) is 18.0 Å². The fourth-order valence-corrected chi connectivity index (χ4v) is 3.11. The lowest BCUT2D eigenvalue weighted by molar-refractivity contribution is -0.137. The molecule has 1 aromatic carbocycles. The zero-order chi connectivity index (χ0) is 17.2. The maximum Gasteiger partial charge on any atom is 0.416 e. The van der Waals surface area contributed by atoms with Crippen molar-refractivity contribution >= 4 is 5.82 Å². The van der Waals surface area contributed by atoms with Crippen molar-refractivity contribution in [3.05, 3.63) is 59.8 Å². The molecule has 0 amide bonds. The minimum Gasteiger partial charge on any atom is -0.356 e. The summed E-state index contributed by atoms with van der Waals surface area (Å²) < 4.78 is 38.5. The van der Waals surface area contributed by atoms with Crippen LogP contribution in [0.2, 0.25) is 0 Å². The molecule has 124 valence electrons. The first kappa shape index (κ1) is 16.3. The fraction of sp³-hybridized carbons (Fsp3) is 0.333. The maximum absolute atomic E-state index is 12.8. The normalized spacial score (nSPS) is 17.3. The minimum atomic E-state index is -4.38. The Bertz CT molecular complexity index is 742. The largest absolute Gasteiger partial charge is 0.416 e. The first-order valence-corrected chi connectivity index (χ1v) is 7.70. The number of aromatic nitrogens is 1. The maximum atomic E-state index is 12.8. The SMILES string of the molecule is N#CC1(c2ccccc2)CCN(c2cc(C(F)(F)F)ccn2)CC1. The molecule has 3 nitrogen and oxygen atoms in total. The molecular formula is C18H16F3N3. The fourth-order valence-electron chi connectivity index (χ4n) is 3.11. The second-order valence-electron chi connectivity index (χ2n) is 5.95.